The van der Waals surface area contributed by atoms with Crippen molar-refractivity contribution in [3.63, 3.8) is 0 Å². The summed E-state index contributed by atoms with van der Waals surface area (Å²) in [7, 11) is 1.63. The van der Waals surface area contributed by atoms with Crippen LogP contribution in [0.2, 0.25) is 0 Å². The van der Waals surface area contributed by atoms with Crippen molar-refractivity contribution in [1.82, 2.24) is 20.2 Å². The van der Waals surface area contributed by atoms with Crippen LogP contribution < -0.4 is 10.5 Å². The molecule has 2 heterocycles. The van der Waals surface area contributed by atoms with E-state index in [1.807, 2.05) is 42.5 Å². The molecule has 3 aromatic rings. The summed E-state index contributed by atoms with van der Waals surface area (Å²) in [5, 5.41) is 7.04. The number of aromatic nitrogens is 4. The summed E-state index contributed by atoms with van der Waals surface area (Å²) in [5.74, 6) is 1.92. The average Bonchev–Trinajstić information content (AvgIpc) is 3.05. The van der Waals surface area contributed by atoms with Gasteiger partial charge >= 0.3 is 0 Å². The molecular weight excluding hydrogens is 266 g/mol. The molecule has 0 unspecified atom stereocenters. The maximum atomic E-state index is 6.20. The predicted octanol–water partition coefficient (Wildman–Crippen LogP) is 1.92. The number of hydrogen-bond acceptors (Lipinski definition) is 5. The minimum atomic E-state index is -0.374. The molecule has 1 atom stereocenters. The van der Waals surface area contributed by atoms with E-state index in [-0.39, 0.29) is 6.04 Å². The molecule has 0 saturated heterocycles. The Morgan fingerprint density at radius 1 is 1.14 bits per heavy atom. The molecule has 0 aliphatic heterocycles. The second kappa shape index (κ2) is 5.72. The molecule has 0 saturated carbocycles. The van der Waals surface area contributed by atoms with Gasteiger partial charge in [-0.1, -0.05) is 18.2 Å². The van der Waals surface area contributed by atoms with Crippen LogP contribution in [-0.4, -0.2) is 27.3 Å². The van der Waals surface area contributed by atoms with E-state index in [2.05, 4.69) is 20.2 Å². The average molecular weight is 281 g/mol. The first-order valence-electron chi connectivity index (χ1n) is 6.51. The second-order valence-corrected chi connectivity index (χ2v) is 4.51. The van der Waals surface area contributed by atoms with Crippen LogP contribution in [0.4, 0.5) is 0 Å². The van der Waals surface area contributed by atoms with E-state index in [0.717, 1.165) is 11.3 Å². The van der Waals surface area contributed by atoms with Crippen LogP contribution in [0.3, 0.4) is 0 Å². The van der Waals surface area contributed by atoms with E-state index < -0.39 is 0 Å². The third kappa shape index (κ3) is 2.75. The predicted molar refractivity (Wildman–Crippen MR) is 78.6 cm³/mol. The maximum absolute atomic E-state index is 6.20. The third-order valence-corrected chi connectivity index (χ3v) is 3.17. The lowest BCUT2D eigenvalue weighted by atomic mass is 10.1. The Morgan fingerprint density at radius 3 is 2.62 bits per heavy atom. The molecule has 0 aliphatic rings. The topological polar surface area (TPSA) is 89.7 Å². The van der Waals surface area contributed by atoms with Crippen LogP contribution >= 0.6 is 0 Å². The van der Waals surface area contributed by atoms with Crippen LogP contribution in [-0.2, 0) is 0 Å². The van der Waals surface area contributed by atoms with Gasteiger partial charge in [-0.2, -0.15) is 5.10 Å². The van der Waals surface area contributed by atoms with Crippen molar-refractivity contribution in [2.45, 2.75) is 6.04 Å². The van der Waals surface area contributed by atoms with E-state index in [9.17, 15) is 0 Å². The van der Waals surface area contributed by atoms with Gasteiger partial charge in [-0.3, -0.25) is 10.1 Å². The van der Waals surface area contributed by atoms with Crippen LogP contribution in [0, 0.1) is 0 Å². The normalized spacial score (nSPS) is 12.1. The Bertz CT molecular complexity index is 708. The Hall–Kier alpha value is -2.73. The quantitative estimate of drug-likeness (QED) is 0.762. The van der Waals surface area contributed by atoms with E-state index in [0.29, 0.717) is 17.3 Å². The van der Waals surface area contributed by atoms with Crippen LogP contribution in [0.1, 0.15) is 17.4 Å². The van der Waals surface area contributed by atoms with Crippen molar-refractivity contribution >= 4 is 0 Å². The van der Waals surface area contributed by atoms with E-state index in [4.69, 9.17) is 10.5 Å². The molecule has 0 amide bonds. The fourth-order valence-electron chi connectivity index (χ4n) is 1.99. The van der Waals surface area contributed by atoms with Crippen molar-refractivity contribution in [1.29, 1.82) is 0 Å². The van der Waals surface area contributed by atoms with Crippen LogP contribution in [0.25, 0.3) is 11.5 Å². The van der Waals surface area contributed by atoms with Crippen LogP contribution in [0.5, 0.6) is 5.75 Å². The van der Waals surface area contributed by atoms with Gasteiger partial charge in [-0.15, -0.1) is 0 Å². The summed E-state index contributed by atoms with van der Waals surface area (Å²) >= 11 is 0. The lowest BCUT2D eigenvalue weighted by molar-refractivity contribution is 0.414. The molecule has 3 N–H and O–H groups in total. The first-order valence-corrected chi connectivity index (χ1v) is 6.51. The Labute approximate surface area is 122 Å². The first kappa shape index (κ1) is 13.3. The number of pyridine rings is 1. The van der Waals surface area contributed by atoms with Crippen LogP contribution in [0.15, 0.2) is 48.7 Å². The Morgan fingerprint density at radius 2 is 1.95 bits per heavy atom. The maximum Gasteiger partial charge on any atom is 0.199 e. The lowest BCUT2D eigenvalue weighted by Crippen LogP contribution is -2.13. The Balaban J connectivity index is 1.85. The molecule has 0 aliphatic carbocycles. The van der Waals surface area contributed by atoms with Crippen molar-refractivity contribution in [3.05, 3.63) is 60.0 Å². The molecule has 3 rings (SSSR count). The first-order chi connectivity index (χ1) is 10.3. The number of ether oxygens (including phenoxy) is 1. The van der Waals surface area contributed by atoms with Crippen molar-refractivity contribution < 1.29 is 4.74 Å². The zero-order valence-electron chi connectivity index (χ0n) is 11.5. The molecule has 0 spiro atoms. The van der Waals surface area contributed by atoms with Gasteiger partial charge < -0.3 is 10.5 Å². The molecule has 2 aromatic heterocycles. The molecule has 0 bridgehead atoms. The summed E-state index contributed by atoms with van der Waals surface area (Å²) in [6.45, 7) is 0. The number of methoxy groups -OCH3 is 1. The Kier molecular flexibility index (Phi) is 3.61. The van der Waals surface area contributed by atoms with Crippen molar-refractivity contribution in [3.8, 4) is 17.3 Å². The van der Waals surface area contributed by atoms with Gasteiger partial charge in [0, 0.05) is 6.20 Å². The van der Waals surface area contributed by atoms with Gasteiger partial charge in [-0.05, 0) is 29.8 Å². The van der Waals surface area contributed by atoms with Crippen molar-refractivity contribution in [2.75, 3.05) is 7.11 Å². The summed E-state index contributed by atoms with van der Waals surface area (Å²) in [6.07, 6.45) is 1.70. The highest BCUT2D eigenvalue weighted by Crippen LogP contribution is 2.21. The van der Waals surface area contributed by atoms with E-state index >= 15 is 0 Å². The van der Waals surface area contributed by atoms with E-state index in [1.165, 1.54) is 0 Å². The zero-order valence-corrected chi connectivity index (χ0v) is 11.5. The molecule has 6 heteroatoms. The monoisotopic (exact) mass is 281 g/mol. The summed E-state index contributed by atoms with van der Waals surface area (Å²) in [6, 6.07) is 12.8. The number of hydrogen-bond donors (Lipinski definition) is 2. The number of benzene rings is 1. The molecule has 1 aromatic carbocycles. The zero-order chi connectivity index (χ0) is 14.7. The number of H-pyrrole nitrogens is 1. The number of rotatable bonds is 4. The summed E-state index contributed by atoms with van der Waals surface area (Å²) in [4.78, 5) is 8.63. The lowest BCUT2D eigenvalue weighted by Gasteiger charge is -2.09. The SMILES string of the molecule is COc1ccc([C@@H](N)c2nc(-c3ccccn3)n[nH]2)cc1. The van der Waals surface area contributed by atoms with Crippen molar-refractivity contribution in [2.24, 2.45) is 5.73 Å². The fraction of sp³-hybridized carbons (Fsp3) is 0.133. The number of nitrogens with two attached hydrogens (primary N) is 1. The highest BCUT2D eigenvalue weighted by molar-refractivity contribution is 5.48. The molecule has 0 fully saturated rings. The largest absolute Gasteiger partial charge is 0.497 e. The highest BCUT2D eigenvalue weighted by Gasteiger charge is 2.15. The third-order valence-electron chi connectivity index (χ3n) is 3.17. The van der Waals surface area contributed by atoms with Gasteiger partial charge in [0.2, 0.25) is 0 Å². The van der Waals surface area contributed by atoms with E-state index in [1.54, 1.807) is 13.3 Å². The van der Waals surface area contributed by atoms with Gasteiger partial charge in [0.15, 0.2) is 5.82 Å². The standard InChI is InChI=1S/C15H15N5O/c1-21-11-7-5-10(6-8-11)13(16)15-18-14(19-20-15)12-4-2-3-9-17-12/h2-9,13H,16H2,1H3,(H,18,19,20)/t13-/m1/s1. The second-order valence-electron chi connectivity index (χ2n) is 4.51. The minimum absolute atomic E-state index is 0.374. The van der Waals surface area contributed by atoms with Gasteiger partial charge in [-0.25, -0.2) is 4.98 Å². The number of nitrogens with one attached hydrogen (secondary N) is 1. The molecule has 0 radical (unpaired) electrons. The minimum Gasteiger partial charge on any atom is -0.497 e. The highest BCUT2D eigenvalue weighted by atomic mass is 16.5. The summed E-state index contributed by atoms with van der Waals surface area (Å²) in [5.41, 5.74) is 7.84. The molecular formula is C15H15N5O. The smallest absolute Gasteiger partial charge is 0.199 e. The van der Waals surface area contributed by atoms with Gasteiger partial charge in [0.1, 0.15) is 17.3 Å². The number of aromatic amines is 1. The molecule has 21 heavy (non-hydrogen) atoms. The molecule has 106 valence electrons. The summed E-state index contributed by atoms with van der Waals surface area (Å²) < 4.78 is 5.13. The molecule has 6 nitrogen and oxygen atoms in total. The van der Waals surface area contributed by atoms with Gasteiger partial charge in [0.05, 0.1) is 13.2 Å². The fourth-order valence-corrected chi connectivity index (χ4v) is 1.99. The number of nitrogens with zero attached hydrogens (tertiary/aromatic N) is 3. The van der Waals surface area contributed by atoms with Gasteiger partial charge in [0.25, 0.3) is 0 Å².